The Kier molecular flexibility index (Phi) is 4.98. The molecule has 0 radical (unpaired) electrons. The Morgan fingerprint density at radius 1 is 0.857 bits per heavy atom. The summed E-state index contributed by atoms with van der Waals surface area (Å²) in [6, 6.07) is 0. The Hall–Kier alpha value is 0. The molecule has 1 saturated carbocycles. The second-order valence-electron chi connectivity index (χ2n) is 5.83. The molecule has 0 nitrogen and oxygen atoms in total. The molecule has 1 atom stereocenters. The summed E-state index contributed by atoms with van der Waals surface area (Å²) in [6.07, 6.45) is 8.88. The minimum absolute atomic E-state index is 0.872. The van der Waals surface area contributed by atoms with Gasteiger partial charge in [-0.15, -0.1) is 0 Å². The normalized spacial score (nSPS) is 32.4. The summed E-state index contributed by atoms with van der Waals surface area (Å²) in [4.78, 5) is 0. The fourth-order valence-corrected chi connectivity index (χ4v) is 2.82. The molecule has 0 bridgehead atoms. The molecule has 0 heterocycles. The van der Waals surface area contributed by atoms with Gasteiger partial charge in [0.2, 0.25) is 0 Å². The third kappa shape index (κ3) is 3.63. The van der Waals surface area contributed by atoms with Crippen LogP contribution in [0.1, 0.15) is 66.2 Å². The van der Waals surface area contributed by atoms with Crippen molar-refractivity contribution in [3.63, 3.8) is 0 Å². The molecule has 0 aromatic rings. The molecule has 14 heavy (non-hydrogen) atoms. The van der Waals surface area contributed by atoms with Gasteiger partial charge in [-0.1, -0.05) is 66.2 Å². The molecule has 1 fully saturated rings. The topological polar surface area (TPSA) is 0 Å². The van der Waals surface area contributed by atoms with Gasteiger partial charge in [0.05, 0.1) is 0 Å². The van der Waals surface area contributed by atoms with Gasteiger partial charge < -0.3 is 0 Å². The van der Waals surface area contributed by atoms with E-state index in [0.717, 1.165) is 23.7 Å². The van der Waals surface area contributed by atoms with Gasteiger partial charge in [0.1, 0.15) is 0 Å². The Bertz CT molecular complexity index is 138. The third-order valence-electron chi connectivity index (χ3n) is 4.34. The van der Waals surface area contributed by atoms with Crippen molar-refractivity contribution >= 4 is 0 Å². The first-order chi connectivity index (χ1) is 6.61. The highest BCUT2D eigenvalue weighted by molar-refractivity contribution is 4.72. The summed E-state index contributed by atoms with van der Waals surface area (Å²) >= 11 is 0. The van der Waals surface area contributed by atoms with E-state index in [9.17, 15) is 0 Å². The third-order valence-corrected chi connectivity index (χ3v) is 4.34. The molecule has 1 unspecified atom stereocenters. The molecule has 0 aromatic heterocycles. The molecule has 84 valence electrons. The van der Waals surface area contributed by atoms with Crippen LogP contribution >= 0.6 is 0 Å². The van der Waals surface area contributed by atoms with Crippen LogP contribution in [0.4, 0.5) is 0 Å². The SMILES string of the molecule is CC1CCCC(C(C)C(C)C)CCC1. The van der Waals surface area contributed by atoms with Crippen molar-refractivity contribution in [3.8, 4) is 0 Å². The second kappa shape index (κ2) is 5.78. The fourth-order valence-electron chi connectivity index (χ4n) is 2.82. The van der Waals surface area contributed by atoms with Crippen LogP contribution in [0.25, 0.3) is 0 Å². The van der Waals surface area contributed by atoms with E-state index in [1.165, 1.54) is 38.5 Å². The minimum Gasteiger partial charge on any atom is -0.0625 e. The van der Waals surface area contributed by atoms with E-state index >= 15 is 0 Å². The Labute approximate surface area is 90.5 Å². The Morgan fingerprint density at radius 3 is 1.79 bits per heavy atom. The van der Waals surface area contributed by atoms with Crippen molar-refractivity contribution in [3.05, 3.63) is 0 Å². The number of rotatable bonds is 2. The summed E-state index contributed by atoms with van der Waals surface area (Å²) in [7, 11) is 0. The molecule has 1 aliphatic carbocycles. The lowest BCUT2D eigenvalue weighted by molar-refractivity contribution is 0.215. The maximum atomic E-state index is 2.46. The molecule has 1 aliphatic rings. The van der Waals surface area contributed by atoms with E-state index in [0.29, 0.717) is 0 Å². The lowest BCUT2D eigenvalue weighted by atomic mass is 9.76. The van der Waals surface area contributed by atoms with Crippen LogP contribution in [0.15, 0.2) is 0 Å². The van der Waals surface area contributed by atoms with Gasteiger partial charge in [-0.05, 0) is 23.7 Å². The van der Waals surface area contributed by atoms with Gasteiger partial charge in [0.25, 0.3) is 0 Å². The van der Waals surface area contributed by atoms with Crippen molar-refractivity contribution in [2.24, 2.45) is 23.7 Å². The highest BCUT2D eigenvalue weighted by Crippen LogP contribution is 2.33. The molecular weight excluding hydrogens is 168 g/mol. The standard InChI is InChI=1S/C14H28/c1-11(2)13(4)14-9-5-7-12(3)8-6-10-14/h11-14H,5-10H2,1-4H3. The van der Waals surface area contributed by atoms with Gasteiger partial charge in [0.15, 0.2) is 0 Å². The molecule has 0 aliphatic heterocycles. The van der Waals surface area contributed by atoms with Gasteiger partial charge in [-0.2, -0.15) is 0 Å². The van der Waals surface area contributed by atoms with E-state index in [1.54, 1.807) is 0 Å². The van der Waals surface area contributed by atoms with Crippen LogP contribution in [-0.4, -0.2) is 0 Å². The zero-order valence-corrected chi connectivity index (χ0v) is 10.6. The molecule has 0 saturated heterocycles. The van der Waals surface area contributed by atoms with Crippen LogP contribution < -0.4 is 0 Å². The Balaban J connectivity index is 2.38. The lowest BCUT2D eigenvalue weighted by Gasteiger charge is -2.29. The molecule has 0 amide bonds. The van der Waals surface area contributed by atoms with Gasteiger partial charge in [-0.25, -0.2) is 0 Å². The van der Waals surface area contributed by atoms with E-state index in [-0.39, 0.29) is 0 Å². The highest BCUT2D eigenvalue weighted by atomic mass is 14.3. The fraction of sp³-hybridized carbons (Fsp3) is 1.00. The maximum Gasteiger partial charge on any atom is -0.0386 e. The number of hydrogen-bond donors (Lipinski definition) is 0. The average molecular weight is 196 g/mol. The summed E-state index contributed by atoms with van der Waals surface area (Å²) in [5.74, 6) is 3.81. The summed E-state index contributed by atoms with van der Waals surface area (Å²) < 4.78 is 0. The molecule has 0 spiro atoms. The van der Waals surface area contributed by atoms with Crippen LogP contribution in [0.3, 0.4) is 0 Å². The molecular formula is C14H28. The number of hydrogen-bond acceptors (Lipinski definition) is 0. The maximum absolute atomic E-state index is 2.46. The first kappa shape index (κ1) is 12.1. The largest absolute Gasteiger partial charge is 0.0625 e. The zero-order chi connectivity index (χ0) is 10.6. The molecule has 0 aromatic carbocycles. The summed E-state index contributed by atoms with van der Waals surface area (Å²) in [5, 5.41) is 0. The first-order valence-corrected chi connectivity index (χ1v) is 6.61. The predicted molar refractivity (Wildman–Crippen MR) is 64.4 cm³/mol. The van der Waals surface area contributed by atoms with Crippen LogP contribution in [0, 0.1) is 23.7 Å². The Morgan fingerprint density at radius 2 is 1.36 bits per heavy atom. The molecule has 1 rings (SSSR count). The van der Waals surface area contributed by atoms with Gasteiger partial charge >= 0.3 is 0 Å². The van der Waals surface area contributed by atoms with Crippen molar-refractivity contribution in [2.75, 3.05) is 0 Å². The van der Waals surface area contributed by atoms with E-state index in [1.807, 2.05) is 0 Å². The van der Waals surface area contributed by atoms with Crippen LogP contribution in [-0.2, 0) is 0 Å². The molecule has 0 heteroatoms. The van der Waals surface area contributed by atoms with Crippen molar-refractivity contribution < 1.29 is 0 Å². The monoisotopic (exact) mass is 196 g/mol. The van der Waals surface area contributed by atoms with E-state index < -0.39 is 0 Å². The van der Waals surface area contributed by atoms with Crippen LogP contribution in [0.5, 0.6) is 0 Å². The highest BCUT2D eigenvalue weighted by Gasteiger charge is 2.21. The van der Waals surface area contributed by atoms with Crippen LogP contribution in [0.2, 0.25) is 0 Å². The molecule has 0 N–H and O–H groups in total. The second-order valence-corrected chi connectivity index (χ2v) is 5.83. The van der Waals surface area contributed by atoms with E-state index in [4.69, 9.17) is 0 Å². The van der Waals surface area contributed by atoms with Gasteiger partial charge in [0, 0.05) is 0 Å². The van der Waals surface area contributed by atoms with Crippen molar-refractivity contribution in [1.82, 2.24) is 0 Å². The van der Waals surface area contributed by atoms with E-state index in [2.05, 4.69) is 27.7 Å². The summed E-state index contributed by atoms with van der Waals surface area (Å²) in [5.41, 5.74) is 0. The van der Waals surface area contributed by atoms with Crippen molar-refractivity contribution in [2.45, 2.75) is 66.2 Å². The van der Waals surface area contributed by atoms with Crippen molar-refractivity contribution in [1.29, 1.82) is 0 Å². The zero-order valence-electron chi connectivity index (χ0n) is 10.6. The lowest BCUT2D eigenvalue weighted by Crippen LogP contribution is -2.19. The summed E-state index contributed by atoms with van der Waals surface area (Å²) in [6.45, 7) is 9.64. The smallest absolute Gasteiger partial charge is 0.0386 e. The average Bonchev–Trinajstić information content (AvgIpc) is 2.10. The quantitative estimate of drug-likeness (QED) is 0.590. The minimum atomic E-state index is 0.872. The predicted octanol–water partition coefficient (Wildman–Crippen LogP) is 4.89. The first-order valence-electron chi connectivity index (χ1n) is 6.61. The van der Waals surface area contributed by atoms with Gasteiger partial charge in [-0.3, -0.25) is 0 Å².